The highest BCUT2D eigenvalue weighted by Gasteiger charge is 2.38. The maximum Gasteiger partial charge on any atom is 0.355 e. The third-order valence-corrected chi connectivity index (χ3v) is 4.79. The van der Waals surface area contributed by atoms with E-state index >= 15 is 0 Å². The Morgan fingerprint density at radius 2 is 1.84 bits per heavy atom. The molecule has 1 aromatic heterocycles. The minimum atomic E-state index is -0.819. The number of aromatic nitrogens is 4. The van der Waals surface area contributed by atoms with E-state index < -0.39 is 17.8 Å². The largest absolute Gasteiger partial charge is 0.508 e. The molecule has 1 aliphatic heterocycles. The lowest BCUT2D eigenvalue weighted by molar-refractivity contribution is -0.136. The summed E-state index contributed by atoms with van der Waals surface area (Å²) >= 11 is 0. The van der Waals surface area contributed by atoms with E-state index in [1.807, 2.05) is 6.92 Å². The molecule has 10 nitrogen and oxygen atoms in total. The summed E-state index contributed by atoms with van der Waals surface area (Å²) in [6.07, 6.45) is 0. The van der Waals surface area contributed by atoms with Crippen LogP contribution in [0.5, 0.6) is 11.5 Å². The Morgan fingerprint density at radius 3 is 2.48 bits per heavy atom. The first-order valence-electron chi connectivity index (χ1n) is 9.47. The first-order valence-corrected chi connectivity index (χ1v) is 9.47. The van der Waals surface area contributed by atoms with Gasteiger partial charge in [0.15, 0.2) is 5.78 Å². The summed E-state index contributed by atoms with van der Waals surface area (Å²) in [7, 11) is 1.23. The van der Waals surface area contributed by atoms with Crippen LogP contribution < -0.4 is 10.1 Å². The third kappa shape index (κ3) is 3.70. The van der Waals surface area contributed by atoms with Crippen LogP contribution in [0.15, 0.2) is 59.8 Å². The van der Waals surface area contributed by atoms with E-state index in [4.69, 9.17) is 9.47 Å². The highest BCUT2D eigenvalue weighted by atomic mass is 16.5. The number of esters is 1. The predicted molar refractivity (Wildman–Crippen MR) is 109 cm³/mol. The van der Waals surface area contributed by atoms with Crippen molar-refractivity contribution < 1.29 is 24.2 Å². The van der Waals surface area contributed by atoms with Crippen LogP contribution in [0.1, 0.15) is 28.9 Å². The molecular formula is C21H19N5O5. The van der Waals surface area contributed by atoms with Gasteiger partial charge in [0, 0.05) is 5.56 Å². The molecule has 0 saturated heterocycles. The molecular weight excluding hydrogens is 402 g/mol. The highest BCUT2D eigenvalue weighted by Crippen LogP contribution is 2.37. The van der Waals surface area contributed by atoms with Crippen LogP contribution in [-0.2, 0) is 9.53 Å². The number of carbonyl (C=O) groups excluding carboxylic acids is 2. The molecule has 0 unspecified atom stereocenters. The van der Waals surface area contributed by atoms with E-state index in [0.29, 0.717) is 23.5 Å². The quantitative estimate of drug-likeness (QED) is 0.454. The number of aromatic hydroxyl groups is 1. The van der Waals surface area contributed by atoms with Gasteiger partial charge in [-0.3, -0.25) is 4.79 Å². The fourth-order valence-electron chi connectivity index (χ4n) is 3.38. The number of phenols is 1. The monoisotopic (exact) mass is 421 g/mol. The molecule has 4 rings (SSSR count). The summed E-state index contributed by atoms with van der Waals surface area (Å²) in [6.45, 7) is 2.37. The third-order valence-electron chi connectivity index (χ3n) is 4.79. The Kier molecular flexibility index (Phi) is 5.35. The lowest BCUT2D eigenvalue weighted by atomic mass is 9.89. The molecule has 0 spiro atoms. The second-order valence-corrected chi connectivity index (χ2v) is 6.63. The second-order valence-electron chi connectivity index (χ2n) is 6.63. The van der Waals surface area contributed by atoms with E-state index in [9.17, 15) is 14.7 Å². The molecule has 10 heteroatoms. The summed E-state index contributed by atoms with van der Waals surface area (Å²) in [5, 5.41) is 24.0. The zero-order chi connectivity index (χ0) is 22.0. The first-order chi connectivity index (χ1) is 15.0. The predicted octanol–water partition coefficient (Wildman–Crippen LogP) is 2.10. The Morgan fingerprint density at radius 1 is 1.13 bits per heavy atom. The maximum atomic E-state index is 13.6. The van der Waals surface area contributed by atoms with Crippen molar-refractivity contribution in [1.82, 2.24) is 20.2 Å². The van der Waals surface area contributed by atoms with Crippen molar-refractivity contribution >= 4 is 17.7 Å². The van der Waals surface area contributed by atoms with Crippen molar-refractivity contribution in [2.45, 2.75) is 13.0 Å². The van der Waals surface area contributed by atoms with Gasteiger partial charge in [-0.15, -0.1) is 0 Å². The van der Waals surface area contributed by atoms with E-state index in [1.54, 1.807) is 36.4 Å². The lowest BCUT2D eigenvalue weighted by Crippen LogP contribution is -2.32. The maximum absolute atomic E-state index is 13.6. The van der Waals surface area contributed by atoms with E-state index in [1.165, 1.54) is 23.9 Å². The fourth-order valence-corrected chi connectivity index (χ4v) is 3.38. The molecule has 2 aromatic carbocycles. The van der Waals surface area contributed by atoms with E-state index in [0.717, 1.165) is 0 Å². The van der Waals surface area contributed by atoms with Gasteiger partial charge in [0.25, 0.3) is 0 Å². The molecule has 2 N–H and O–H groups in total. The number of hydrogen-bond acceptors (Lipinski definition) is 9. The van der Waals surface area contributed by atoms with Gasteiger partial charge < -0.3 is 19.9 Å². The standard InChI is InChI=1S/C21H19N5O5/c1-3-31-15-10-6-13(7-11-15)19(28)16-17(20(29)30-2)22-21-23-24-25-26(21)18(16)12-4-8-14(27)9-5-12/h4-11,18,27H,3H2,1-2H3,(H,22,23,25)/t18-/m0/s1. The summed E-state index contributed by atoms with van der Waals surface area (Å²) in [5.41, 5.74) is 1.01. The van der Waals surface area contributed by atoms with Gasteiger partial charge in [-0.25, -0.2) is 4.79 Å². The number of nitrogens with one attached hydrogen (secondary N) is 1. The van der Waals surface area contributed by atoms with Crippen LogP contribution in [0.3, 0.4) is 0 Å². The van der Waals surface area contributed by atoms with Crippen LogP contribution in [-0.4, -0.2) is 50.8 Å². The molecule has 0 bridgehead atoms. The number of rotatable bonds is 6. The van der Waals surface area contributed by atoms with Gasteiger partial charge in [0.2, 0.25) is 5.95 Å². The summed E-state index contributed by atoms with van der Waals surface area (Å²) in [6, 6.07) is 12.0. The van der Waals surface area contributed by atoms with Crippen molar-refractivity contribution in [3.63, 3.8) is 0 Å². The molecule has 0 amide bonds. The average molecular weight is 421 g/mol. The zero-order valence-electron chi connectivity index (χ0n) is 16.8. The van der Waals surface area contributed by atoms with Crippen molar-refractivity contribution in [3.05, 3.63) is 70.9 Å². The van der Waals surface area contributed by atoms with Crippen LogP contribution in [0.25, 0.3) is 0 Å². The molecule has 158 valence electrons. The number of ketones is 1. The van der Waals surface area contributed by atoms with Gasteiger partial charge in [-0.2, -0.15) is 4.68 Å². The summed E-state index contributed by atoms with van der Waals surface area (Å²) in [4.78, 5) is 26.2. The van der Waals surface area contributed by atoms with Gasteiger partial charge in [0.1, 0.15) is 23.2 Å². The van der Waals surface area contributed by atoms with Crippen molar-refractivity contribution in [2.75, 3.05) is 19.0 Å². The Labute approximate surface area is 177 Å². The highest BCUT2D eigenvalue weighted by molar-refractivity contribution is 6.14. The number of nitrogens with zero attached hydrogens (tertiary/aromatic N) is 4. The Hall–Kier alpha value is -4.21. The topological polar surface area (TPSA) is 128 Å². The van der Waals surface area contributed by atoms with Crippen LogP contribution in [0.2, 0.25) is 0 Å². The molecule has 0 saturated carbocycles. The number of fused-ring (bicyclic) bond motifs is 1. The van der Waals surface area contributed by atoms with E-state index in [2.05, 4.69) is 20.8 Å². The summed E-state index contributed by atoms with van der Waals surface area (Å²) < 4.78 is 11.7. The van der Waals surface area contributed by atoms with Gasteiger partial charge in [0.05, 0.1) is 19.3 Å². The number of methoxy groups -OCH3 is 1. The number of allylic oxidation sites excluding steroid dienone is 1. The fraction of sp³-hybridized carbons (Fsp3) is 0.190. The SMILES string of the molecule is CCOc1ccc(C(=O)C2=C(C(=O)OC)Nc3nnnn3[C@H]2c2ccc(O)cc2)cc1. The smallest absolute Gasteiger partial charge is 0.355 e. The lowest BCUT2D eigenvalue weighted by Gasteiger charge is -2.28. The first kappa shape index (κ1) is 20.1. The molecule has 1 atom stereocenters. The number of hydrogen-bond donors (Lipinski definition) is 2. The summed E-state index contributed by atoms with van der Waals surface area (Å²) in [5.74, 6) is -0.267. The van der Waals surface area contributed by atoms with Gasteiger partial charge >= 0.3 is 5.97 Å². The minimum Gasteiger partial charge on any atom is -0.508 e. The molecule has 1 aliphatic rings. The van der Waals surface area contributed by atoms with Crippen LogP contribution in [0.4, 0.5) is 5.95 Å². The molecule has 0 fully saturated rings. The average Bonchev–Trinajstić information content (AvgIpc) is 3.26. The number of ether oxygens (including phenoxy) is 2. The number of benzene rings is 2. The zero-order valence-corrected chi connectivity index (χ0v) is 16.8. The number of tetrazole rings is 1. The number of anilines is 1. The normalized spacial score (nSPS) is 15.1. The second kappa shape index (κ2) is 8.27. The molecule has 0 radical (unpaired) electrons. The van der Waals surface area contributed by atoms with Gasteiger partial charge in [-0.1, -0.05) is 17.2 Å². The van der Waals surface area contributed by atoms with E-state index in [-0.39, 0.29) is 23.0 Å². The van der Waals surface area contributed by atoms with Crippen molar-refractivity contribution in [3.8, 4) is 11.5 Å². The molecule has 2 heterocycles. The number of Topliss-reactive ketones (excluding diaryl/α,β-unsaturated/α-hetero) is 1. The molecule has 31 heavy (non-hydrogen) atoms. The van der Waals surface area contributed by atoms with Crippen molar-refractivity contribution in [1.29, 1.82) is 0 Å². The van der Waals surface area contributed by atoms with Crippen LogP contribution in [0, 0.1) is 0 Å². The Bertz CT molecular complexity index is 1150. The molecule has 0 aliphatic carbocycles. The van der Waals surface area contributed by atoms with Crippen LogP contribution >= 0.6 is 0 Å². The number of carbonyl (C=O) groups is 2. The number of phenolic OH excluding ortho intramolecular Hbond substituents is 1. The Balaban J connectivity index is 1.87. The van der Waals surface area contributed by atoms with Crippen molar-refractivity contribution in [2.24, 2.45) is 0 Å². The molecule has 3 aromatic rings. The minimum absolute atomic E-state index is 0.0539. The van der Waals surface area contributed by atoms with Gasteiger partial charge in [-0.05, 0) is 59.3 Å².